The highest BCUT2D eigenvalue weighted by Crippen LogP contribution is 2.34. The molecule has 0 bridgehead atoms. The normalized spacial score (nSPS) is 10.1. The third-order valence-electron chi connectivity index (χ3n) is 2.48. The monoisotopic (exact) mass is 307 g/mol. The van der Waals surface area contributed by atoms with Crippen LogP contribution in [0.15, 0.2) is 31.1 Å². The van der Waals surface area contributed by atoms with E-state index in [4.69, 9.17) is 4.74 Å². The van der Waals surface area contributed by atoms with Gasteiger partial charge in [-0.15, -0.1) is 11.3 Å². The first-order chi connectivity index (χ1) is 10.0. The molecular formula is C13H13N3O4S. The zero-order chi connectivity index (χ0) is 15.4. The second kappa shape index (κ2) is 6.23. The molecule has 0 saturated heterocycles. The predicted molar refractivity (Wildman–Crippen MR) is 78.6 cm³/mol. The fourth-order valence-corrected chi connectivity index (χ4v) is 2.54. The molecule has 2 rings (SSSR count). The van der Waals surface area contributed by atoms with Gasteiger partial charge in [0, 0.05) is 23.7 Å². The van der Waals surface area contributed by atoms with E-state index in [9.17, 15) is 14.7 Å². The number of nitrogens with zero attached hydrogens (tertiary/aromatic N) is 2. The largest absolute Gasteiger partial charge is 0.477 e. The van der Waals surface area contributed by atoms with Gasteiger partial charge >= 0.3 is 12.1 Å². The predicted octanol–water partition coefficient (Wildman–Crippen LogP) is 2.58. The van der Waals surface area contributed by atoms with Crippen LogP contribution in [0.2, 0.25) is 0 Å². The van der Waals surface area contributed by atoms with Crippen molar-refractivity contribution < 1.29 is 19.4 Å². The Bertz CT molecular complexity index is 689. The van der Waals surface area contributed by atoms with E-state index in [0.29, 0.717) is 4.88 Å². The Kier molecular flexibility index (Phi) is 4.39. The summed E-state index contributed by atoms with van der Waals surface area (Å²) in [5.74, 6) is -1.12. The Morgan fingerprint density at radius 1 is 1.62 bits per heavy atom. The van der Waals surface area contributed by atoms with Crippen LogP contribution in [-0.2, 0) is 11.8 Å². The molecule has 2 aromatic rings. The molecule has 0 atom stereocenters. The van der Waals surface area contributed by atoms with Crippen molar-refractivity contribution in [2.45, 2.75) is 0 Å². The van der Waals surface area contributed by atoms with Crippen molar-refractivity contribution in [1.82, 2.24) is 9.78 Å². The number of anilines is 1. The zero-order valence-corrected chi connectivity index (χ0v) is 12.0. The molecule has 0 aromatic carbocycles. The third-order valence-corrected chi connectivity index (χ3v) is 3.66. The van der Waals surface area contributed by atoms with Gasteiger partial charge in [-0.05, 0) is 6.07 Å². The molecule has 0 spiro atoms. The van der Waals surface area contributed by atoms with Gasteiger partial charge in [0.15, 0.2) is 0 Å². The lowest BCUT2D eigenvalue weighted by Gasteiger charge is -2.03. The van der Waals surface area contributed by atoms with E-state index in [2.05, 4.69) is 17.0 Å². The number of amides is 1. The lowest BCUT2D eigenvalue weighted by atomic mass is 10.2. The molecule has 0 radical (unpaired) electrons. The summed E-state index contributed by atoms with van der Waals surface area (Å²) in [4.78, 5) is 23.5. The molecule has 0 aliphatic heterocycles. The van der Waals surface area contributed by atoms with Crippen molar-refractivity contribution in [2.75, 3.05) is 11.9 Å². The standard InChI is InChI=1S/C13H13N3O4S/c1-3-4-20-13(19)15-9-5-10(21-11(9)12(17)18)8-6-14-16(2)7-8/h3,5-7H,1,4H2,2H3,(H,15,19)(H,17,18). The van der Waals surface area contributed by atoms with Crippen LogP contribution in [-0.4, -0.2) is 33.6 Å². The Balaban J connectivity index is 2.27. The van der Waals surface area contributed by atoms with Gasteiger partial charge in [-0.2, -0.15) is 5.10 Å². The van der Waals surface area contributed by atoms with E-state index in [1.807, 2.05) is 0 Å². The Labute approximate surface area is 124 Å². The summed E-state index contributed by atoms with van der Waals surface area (Å²) in [6.07, 6.45) is 4.08. The van der Waals surface area contributed by atoms with Crippen molar-refractivity contribution in [3.63, 3.8) is 0 Å². The lowest BCUT2D eigenvalue weighted by Crippen LogP contribution is -2.14. The topological polar surface area (TPSA) is 93.5 Å². The molecule has 0 saturated carbocycles. The van der Waals surface area contributed by atoms with Crippen LogP contribution in [0.1, 0.15) is 9.67 Å². The van der Waals surface area contributed by atoms with Gasteiger partial charge in [-0.3, -0.25) is 10.00 Å². The molecule has 8 heteroatoms. The summed E-state index contributed by atoms with van der Waals surface area (Å²) in [5, 5.41) is 15.6. The van der Waals surface area contributed by atoms with Crippen LogP contribution in [0, 0.1) is 0 Å². The Hall–Kier alpha value is -2.61. The first-order valence-electron chi connectivity index (χ1n) is 5.92. The van der Waals surface area contributed by atoms with Gasteiger partial charge in [0.05, 0.1) is 11.9 Å². The first kappa shape index (κ1) is 14.8. The second-order valence-electron chi connectivity index (χ2n) is 4.07. The third kappa shape index (κ3) is 3.48. The maximum absolute atomic E-state index is 11.5. The highest BCUT2D eigenvalue weighted by molar-refractivity contribution is 7.18. The van der Waals surface area contributed by atoms with Crippen molar-refractivity contribution in [1.29, 1.82) is 0 Å². The van der Waals surface area contributed by atoms with E-state index in [1.54, 1.807) is 30.2 Å². The highest BCUT2D eigenvalue weighted by atomic mass is 32.1. The van der Waals surface area contributed by atoms with E-state index >= 15 is 0 Å². The summed E-state index contributed by atoms with van der Waals surface area (Å²) in [7, 11) is 1.76. The van der Waals surface area contributed by atoms with E-state index in [0.717, 1.165) is 16.9 Å². The minimum absolute atomic E-state index is 0.0319. The molecule has 0 aliphatic carbocycles. The van der Waals surface area contributed by atoms with Crippen LogP contribution >= 0.6 is 11.3 Å². The maximum atomic E-state index is 11.5. The number of aromatic carboxylic acids is 1. The molecule has 1 amide bonds. The van der Waals surface area contributed by atoms with Crippen LogP contribution in [0.25, 0.3) is 10.4 Å². The number of carbonyl (C=O) groups is 2. The summed E-state index contributed by atoms with van der Waals surface area (Å²) in [6.45, 7) is 3.47. The molecule has 2 N–H and O–H groups in total. The summed E-state index contributed by atoms with van der Waals surface area (Å²) < 4.78 is 6.39. The van der Waals surface area contributed by atoms with Crippen molar-refractivity contribution in [2.24, 2.45) is 7.05 Å². The summed E-state index contributed by atoms with van der Waals surface area (Å²) in [5.41, 5.74) is 0.970. The van der Waals surface area contributed by atoms with E-state index in [1.165, 1.54) is 6.08 Å². The fourth-order valence-electron chi connectivity index (χ4n) is 1.61. The average Bonchev–Trinajstić information content (AvgIpc) is 3.02. The number of nitrogens with one attached hydrogen (secondary N) is 1. The molecule has 7 nitrogen and oxygen atoms in total. The van der Waals surface area contributed by atoms with Crippen LogP contribution < -0.4 is 5.32 Å². The summed E-state index contributed by atoms with van der Waals surface area (Å²) >= 11 is 1.06. The van der Waals surface area contributed by atoms with Gasteiger partial charge in [-0.25, -0.2) is 9.59 Å². The smallest absolute Gasteiger partial charge is 0.411 e. The van der Waals surface area contributed by atoms with Gasteiger partial charge in [0.2, 0.25) is 0 Å². The first-order valence-corrected chi connectivity index (χ1v) is 6.73. The SMILES string of the molecule is C=CCOC(=O)Nc1cc(-c2cnn(C)c2)sc1C(=O)O. The molecular weight excluding hydrogens is 294 g/mol. The molecule has 21 heavy (non-hydrogen) atoms. The van der Waals surface area contributed by atoms with Crippen LogP contribution in [0.4, 0.5) is 10.5 Å². The zero-order valence-electron chi connectivity index (χ0n) is 11.2. The molecule has 2 heterocycles. The van der Waals surface area contributed by atoms with Gasteiger partial charge in [-0.1, -0.05) is 12.7 Å². The number of rotatable bonds is 5. The van der Waals surface area contributed by atoms with E-state index < -0.39 is 12.1 Å². The molecule has 0 fully saturated rings. The average molecular weight is 307 g/mol. The second-order valence-corrected chi connectivity index (χ2v) is 5.13. The van der Waals surface area contributed by atoms with Crippen LogP contribution in [0.5, 0.6) is 0 Å². The number of aromatic nitrogens is 2. The molecule has 0 aliphatic rings. The molecule has 2 aromatic heterocycles. The van der Waals surface area contributed by atoms with E-state index in [-0.39, 0.29) is 17.2 Å². The number of carbonyl (C=O) groups excluding carboxylic acids is 1. The number of carboxylic acids is 1. The minimum Gasteiger partial charge on any atom is -0.477 e. The summed E-state index contributed by atoms with van der Waals surface area (Å²) in [6, 6.07) is 1.58. The van der Waals surface area contributed by atoms with Gasteiger partial charge in [0.1, 0.15) is 11.5 Å². The number of ether oxygens (including phenoxy) is 1. The Morgan fingerprint density at radius 3 is 2.95 bits per heavy atom. The highest BCUT2D eigenvalue weighted by Gasteiger charge is 2.19. The lowest BCUT2D eigenvalue weighted by molar-refractivity contribution is 0.0703. The number of carboxylic acid groups (broad SMARTS) is 1. The van der Waals surface area contributed by atoms with Gasteiger partial charge in [0.25, 0.3) is 0 Å². The van der Waals surface area contributed by atoms with Crippen molar-refractivity contribution in [3.05, 3.63) is 36.0 Å². The quantitative estimate of drug-likeness (QED) is 0.828. The van der Waals surface area contributed by atoms with Crippen LogP contribution in [0.3, 0.4) is 0 Å². The number of thiophene rings is 1. The minimum atomic E-state index is -1.12. The number of hydrogen-bond acceptors (Lipinski definition) is 5. The number of hydrogen-bond donors (Lipinski definition) is 2. The molecule has 0 unspecified atom stereocenters. The Morgan fingerprint density at radius 2 is 2.38 bits per heavy atom. The maximum Gasteiger partial charge on any atom is 0.411 e. The fraction of sp³-hybridized carbons (Fsp3) is 0.154. The number of aryl methyl sites for hydroxylation is 1. The van der Waals surface area contributed by atoms with Crippen molar-refractivity contribution >= 4 is 29.1 Å². The molecule has 110 valence electrons. The van der Waals surface area contributed by atoms with Gasteiger partial charge < -0.3 is 9.84 Å². The van der Waals surface area contributed by atoms with Crippen molar-refractivity contribution in [3.8, 4) is 10.4 Å².